The van der Waals surface area contributed by atoms with Gasteiger partial charge in [-0.05, 0) is 33.6 Å². The van der Waals surface area contributed by atoms with Crippen molar-refractivity contribution in [2.75, 3.05) is 6.61 Å². The van der Waals surface area contributed by atoms with E-state index in [1.54, 1.807) is 0 Å². The predicted octanol–water partition coefficient (Wildman–Crippen LogP) is 2.55. The van der Waals surface area contributed by atoms with Gasteiger partial charge in [-0.15, -0.1) is 0 Å². The first-order valence-corrected chi connectivity index (χ1v) is 6.47. The average molecular weight is 225 g/mol. The second kappa shape index (κ2) is 4.36. The summed E-state index contributed by atoms with van der Waals surface area (Å²) < 4.78 is 5.60. The standard InChI is InChI=1S/C13H23NO2/c1-10-14(13(2,3)9-16-10)12(15)11-7-5-4-6-8-11/h10-11H,4-9H2,1-3H3. The number of carbonyl (C=O) groups is 1. The maximum Gasteiger partial charge on any atom is 0.228 e. The molecule has 1 aliphatic carbocycles. The second-order valence-electron chi connectivity index (χ2n) is 5.77. The molecule has 3 nitrogen and oxygen atoms in total. The molecule has 1 aliphatic heterocycles. The minimum Gasteiger partial charge on any atom is -0.356 e. The lowest BCUT2D eigenvalue weighted by molar-refractivity contribution is -0.144. The van der Waals surface area contributed by atoms with Crippen molar-refractivity contribution in [1.82, 2.24) is 4.90 Å². The highest BCUT2D eigenvalue weighted by Gasteiger charge is 2.43. The lowest BCUT2D eigenvalue weighted by atomic mass is 9.87. The zero-order valence-corrected chi connectivity index (χ0v) is 10.7. The molecule has 2 rings (SSSR count). The Bertz CT molecular complexity index is 269. The van der Waals surface area contributed by atoms with E-state index in [4.69, 9.17) is 4.74 Å². The number of ether oxygens (including phenoxy) is 1. The van der Waals surface area contributed by atoms with Gasteiger partial charge in [-0.2, -0.15) is 0 Å². The van der Waals surface area contributed by atoms with E-state index in [1.807, 2.05) is 11.8 Å². The molecular weight excluding hydrogens is 202 g/mol. The molecule has 0 aromatic rings. The Morgan fingerprint density at radius 1 is 1.25 bits per heavy atom. The highest BCUT2D eigenvalue weighted by Crippen LogP contribution is 2.32. The molecule has 1 saturated carbocycles. The minimum absolute atomic E-state index is 0.0515. The Kier molecular flexibility index (Phi) is 3.24. The monoisotopic (exact) mass is 225 g/mol. The highest BCUT2D eigenvalue weighted by molar-refractivity contribution is 5.80. The van der Waals surface area contributed by atoms with Crippen molar-refractivity contribution >= 4 is 5.91 Å². The van der Waals surface area contributed by atoms with E-state index in [1.165, 1.54) is 19.3 Å². The van der Waals surface area contributed by atoms with E-state index in [9.17, 15) is 4.79 Å². The molecule has 1 amide bonds. The maximum absolute atomic E-state index is 12.5. The summed E-state index contributed by atoms with van der Waals surface area (Å²) in [6, 6.07) is 0. The summed E-state index contributed by atoms with van der Waals surface area (Å²) in [4.78, 5) is 14.4. The van der Waals surface area contributed by atoms with Crippen molar-refractivity contribution in [3.63, 3.8) is 0 Å². The largest absolute Gasteiger partial charge is 0.356 e. The number of amides is 1. The van der Waals surface area contributed by atoms with Crippen LogP contribution in [0.2, 0.25) is 0 Å². The van der Waals surface area contributed by atoms with Gasteiger partial charge >= 0.3 is 0 Å². The Morgan fingerprint density at radius 2 is 1.88 bits per heavy atom. The third kappa shape index (κ3) is 2.10. The van der Waals surface area contributed by atoms with Gasteiger partial charge in [0.1, 0.15) is 6.23 Å². The van der Waals surface area contributed by atoms with Crippen LogP contribution in [-0.4, -0.2) is 29.2 Å². The molecule has 3 heteroatoms. The van der Waals surface area contributed by atoms with Gasteiger partial charge in [0.2, 0.25) is 5.91 Å². The molecule has 0 aromatic heterocycles. The van der Waals surface area contributed by atoms with E-state index in [-0.39, 0.29) is 17.7 Å². The highest BCUT2D eigenvalue weighted by atomic mass is 16.5. The van der Waals surface area contributed by atoms with E-state index < -0.39 is 0 Å². The molecule has 0 bridgehead atoms. The second-order valence-corrected chi connectivity index (χ2v) is 5.77. The van der Waals surface area contributed by atoms with Crippen molar-refractivity contribution in [3.05, 3.63) is 0 Å². The molecule has 2 fully saturated rings. The van der Waals surface area contributed by atoms with Crippen LogP contribution in [0.4, 0.5) is 0 Å². The minimum atomic E-state index is -0.131. The number of carbonyl (C=O) groups excluding carboxylic acids is 1. The van der Waals surface area contributed by atoms with Crippen molar-refractivity contribution in [1.29, 1.82) is 0 Å². The smallest absolute Gasteiger partial charge is 0.228 e. The van der Waals surface area contributed by atoms with E-state index >= 15 is 0 Å². The molecule has 0 aromatic carbocycles. The first-order chi connectivity index (χ1) is 7.52. The zero-order valence-electron chi connectivity index (χ0n) is 10.7. The van der Waals surface area contributed by atoms with Crippen LogP contribution in [0, 0.1) is 5.92 Å². The molecule has 0 radical (unpaired) electrons. The van der Waals surface area contributed by atoms with Crippen molar-refractivity contribution < 1.29 is 9.53 Å². The van der Waals surface area contributed by atoms with Gasteiger partial charge < -0.3 is 9.64 Å². The molecule has 1 saturated heterocycles. The average Bonchev–Trinajstić information content (AvgIpc) is 2.53. The van der Waals surface area contributed by atoms with Gasteiger partial charge in [-0.25, -0.2) is 0 Å². The molecule has 0 spiro atoms. The predicted molar refractivity (Wildman–Crippen MR) is 62.9 cm³/mol. The molecule has 2 aliphatic rings. The summed E-state index contributed by atoms with van der Waals surface area (Å²) in [6.07, 6.45) is 5.79. The molecule has 0 N–H and O–H groups in total. The first kappa shape index (κ1) is 11.9. The van der Waals surface area contributed by atoms with Crippen LogP contribution >= 0.6 is 0 Å². The maximum atomic E-state index is 12.5. The summed E-state index contributed by atoms with van der Waals surface area (Å²) >= 11 is 0. The summed E-state index contributed by atoms with van der Waals surface area (Å²) in [5.74, 6) is 0.562. The fraction of sp³-hybridized carbons (Fsp3) is 0.923. The van der Waals surface area contributed by atoms with Gasteiger partial charge in [-0.3, -0.25) is 4.79 Å². The van der Waals surface area contributed by atoms with E-state index in [0.717, 1.165) is 12.8 Å². The fourth-order valence-corrected chi connectivity index (χ4v) is 2.98. The lowest BCUT2D eigenvalue weighted by Crippen LogP contribution is -2.50. The SMILES string of the molecule is CC1OCC(C)(C)N1C(=O)C1CCCCC1. The molecular formula is C13H23NO2. The number of rotatable bonds is 1. The normalized spacial score (nSPS) is 30.7. The van der Waals surface area contributed by atoms with E-state index in [0.29, 0.717) is 12.5 Å². The summed E-state index contributed by atoms with van der Waals surface area (Å²) in [5.41, 5.74) is -0.131. The Balaban J connectivity index is 2.07. The molecule has 1 heterocycles. The van der Waals surface area contributed by atoms with Crippen LogP contribution in [0.25, 0.3) is 0 Å². The molecule has 92 valence electrons. The lowest BCUT2D eigenvalue weighted by Gasteiger charge is -2.36. The Morgan fingerprint density at radius 3 is 2.38 bits per heavy atom. The summed E-state index contributed by atoms with van der Waals surface area (Å²) in [5, 5.41) is 0. The third-order valence-electron chi connectivity index (χ3n) is 3.89. The van der Waals surface area contributed by atoms with Gasteiger partial charge in [0.15, 0.2) is 0 Å². The van der Waals surface area contributed by atoms with Crippen LogP contribution in [-0.2, 0) is 9.53 Å². The van der Waals surface area contributed by atoms with Crippen LogP contribution in [0.5, 0.6) is 0 Å². The number of hydrogen-bond acceptors (Lipinski definition) is 2. The Hall–Kier alpha value is -0.570. The van der Waals surface area contributed by atoms with Crippen LogP contribution in [0.3, 0.4) is 0 Å². The van der Waals surface area contributed by atoms with Gasteiger partial charge in [-0.1, -0.05) is 19.3 Å². The van der Waals surface area contributed by atoms with Crippen LogP contribution in [0.15, 0.2) is 0 Å². The number of hydrogen-bond donors (Lipinski definition) is 0. The molecule has 1 unspecified atom stereocenters. The third-order valence-corrected chi connectivity index (χ3v) is 3.89. The summed E-state index contributed by atoms with van der Waals surface area (Å²) in [6.45, 7) is 6.83. The summed E-state index contributed by atoms with van der Waals surface area (Å²) in [7, 11) is 0. The van der Waals surface area contributed by atoms with Gasteiger partial charge in [0.25, 0.3) is 0 Å². The van der Waals surface area contributed by atoms with Crippen LogP contribution < -0.4 is 0 Å². The quantitative estimate of drug-likeness (QED) is 0.686. The van der Waals surface area contributed by atoms with E-state index in [2.05, 4.69) is 13.8 Å². The van der Waals surface area contributed by atoms with Gasteiger partial charge in [0, 0.05) is 5.92 Å². The first-order valence-electron chi connectivity index (χ1n) is 6.47. The molecule has 1 atom stereocenters. The molecule has 16 heavy (non-hydrogen) atoms. The van der Waals surface area contributed by atoms with Crippen molar-refractivity contribution in [2.24, 2.45) is 5.92 Å². The van der Waals surface area contributed by atoms with Crippen molar-refractivity contribution in [3.8, 4) is 0 Å². The van der Waals surface area contributed by atoms with Crippen molar-refractivity contribution in [2.45, 2.75) is 64.6 Å². The zero-order chi connectivity index (χ0) is 11.8. The Labute approximate surface area is 98.1 Å². The van der Waals surface area contributed by atoms with Gasteiger partial charge in [0.05, 0.1) is 12.1 Å². The topological polar surface area (TPSA) is 29.5 Å². The number of nitrogens with zero attached hydrogens (tertiary/aromatic N) is 1. The fourth-order valence-electron chi connectivity index (χ4n) is 2.98. The van der Waals surface area contributed by atoms with Crippen LogP contribution in [0.1, 0.15) is 52.9 Å².